The van der Waals surface area contributed by atoms with Crippen molar-refractivity contribution in [1.29, 1.82) is 5.26 Å². The van der Waals surface area contributed by atoms with Gasteiger partial charge >= 0.3 is 5.82 Å². The van der Waals surface area contributed by atoms with Gasteiger partial charge in [0.25, 0.3) is 0 Å². The fraction of sp³-hybridized carbons (Fsp3) is 0.0833. The van der Waals surface area contributed by atoms with Gasteiger partial charge in [0.15, 0.2) is 0 Å². The van der Waals surface area contributed by atoms with Crippen LogP contribution in [0.3, 0.4) is 0 Å². The third kappa shape index (κ3) is 1.35. The number of rotatable bonds is 0. The highest BCUT2D eigenvalue weighted by atomic mass is 14.9. The first-order chi connectivity index (χ1) is 7.08. The summed E-state index contributed by atoms with van der Waals surface area (Å²) < 4.78 is 0. The van der Waals surface area contributed by atoms with Crippen LogP contribution in [0.4, 0.5) is 0 Å². The summed E-state index contributed by atoms with van der Waals surface area (Å²) in [5.41, 5.74) is 2.83. The molecule has 1 fully saturated rings. The van der Waals surface area contributed by atoms with E-state index in [9.17, 15) is 0 Å². The minimum absolute atomic E-state index is 0.0283. The van der Waals surface area contributed by atoms with Gasteiger partial charge < -0.3 is 0 Å². The average Bonchev–Trinajstić information content (AvgIpc) is 2.25. The smallest absolute Gasteiger partial charge is 0.193 e. The van der Waals surface area contributed by atoms with Crippen LogP contribution in [0.2, 0.25) is 0 Å². The van der Waals surface area contributed by atoms with Crippen molar-refractivity contribution in [1.82, 2.24) is 0 Å². The fourth-order valence-electron chi connectivity index (χ4n) is 1.47. The zero-order valence-electron chi connectivity index (χ0n) is 8.26. The molecule has 0 spiro atoms. The normalized spacial score (nSPS) is 13.5. The average molecular weight is 193 g/mol. The molecular formula is C12H7N3. The Balaban J connectivity index is 3.36. The van der Waals surface area contributed by atoms with E-state index in [1.807, 2.05) is 6.07 Å². The zero-order chi connectivity index (χ0) is 11.6. The molecule has 0 unspecified atom stereocenters. The molecule has 0 radical (unpaired) electrons. The van der Waals surface area contributed by atoms with Crippen LogP contribution in [0.5, 0.6) is 0 Å². The first-order valence-electron chi connectivity index (χ1n) is 4.08. The van der Waals surface area contributed by atoms with E-state index >= 15 is 0 Å². The van der Waals surface area contributed by atoms with Crippen molar-refractivity contribution in [2.45, 2.75) is 6.92 Å². The van der Waals surface area contributed by atoms with Crippen LogP contribution in [0, 0.1) is 24.5 Å². The molecule has 0 saturated heterocycles. The second-order valence-electron chi connectivity index (χ2n) is 2.99. The number of nitriles is 1. The van der Waals surface area contributed by atoms with Crippen molar-refractivity contribution in [2.24, 2.45) is 0 Å². The highest BCUT2D eigenvalue weighted by Crippen LogP contribution is 2.45. The molecule has 0 bridgehead atoms. The Morgan fingerprint density at radius 3 is 2.00 bits per heavy atom. The lowest BCUT2D eigenvalue weighted by molar-refractivity contribution is 1.19. The van der Waals surface area contributed by atoms with Gasteiger partial charge in [0, 0.05) is 11.1 Å². The summed E-state index contributed by atoms with van der Waals surface area (Å²) in [7, 11) is 0. The number of nitrogens with zero attached hydrogens (tertiary/aromatic N) is 3. The van der Waals surface area contributed by atoms with Gasteiger partial charge in [-0.25, -0.2) is 0 Å². The highest BCUT2D eigenvalue weighted by molar-refractivity contribution is 5.80. The summed E-state index contributed by atoms with van der Waals surface area (Å²) in [6, 6.07) is 2.00. The van der Waals surface area contributed by atoms with E-state index in [1.165, 1.54) is 0 Å². The van der Waals surface area contributed by atoms with E-state index in [-0.39, 0.29) is 5.82 Å². The van der Waals surface area contributed by atoms with Gasteiger partial charge in [-0.05, 0) is 18.1 Å². The molecule has 0 amide bonds. The van der Waals surface area contributed by atoms with E-state index in [4.69, 9.17) is 18.4 Å². The van der Waals surface area contributed by atoms with Crippen LogP contribution in [0.25, 0.3) is 9.69 Å². The summed E-state index contributed by atoms with van der Waals surface area (Å²) in [4.78, 5) is 6.19. The lowest BCUT2D eigenvalue weighted by Gasteiger charge is -2.26. The maximum absolute atomic E-state index is 8.72. The van der Waals surface area contributed by atoms with Crippen LogP contribution < -0.4 is 0 Å². The van der Waals surface area contributed by atoms with E-state index in [0.717, 1.165) is 0 Å². The second-order valence-corrected chi connectivity index (χ2v) is 2.99. The third-order valence-corrected chi connectivity index (χ3v) is 2.19. The summed E-state index contributed by atoms with van der Waals surface area (Å²) in [5.74, 6) is -0.0283. The molecule has 15 heavy (non-hydrogen) atoms. The van der Waals surface area contributed by atoms with Gasteiger partial charge in [-0.1, -0.05) is 13.2 Å². The Labute approximate surface area is 88.6 Å². The monoisotopic (exact) mass is 193 g/mol. The molecule has 0 aromatic heterocycles. The quantitative estimate of drug-likeness (QED) is 0.430. The van der Waals surface area contributed by atoms with E-state index < -0.39 is 0 Å². The molecule has 0 N–H and O–H groups in total. The molecule has 0 aliphatic heterocycles. The SMILES string of the molecule is [C-]#[N+]C([N+]#[C-])=C1C(=C)C(=C(C)C#N)C1=C. The van der Waals surface area contributed by atoms with Crippen molar-refractivity contribution in [3.8, 4) is 6.07 Å². The molecule has 3 heteroatoms. The number of hydrogen-bond acceptors (Lipinski definition) is 1. The van der Waals surface area contributed by atoms with Gasteiger partial charge in [0.1, 0.15) is 13.1 Å². The second kappa shape index (κ2) is 3.66. The van der Waals surface area contributed by atoms with Gasteiger partial charge in [-0.15, -0.1) is 0 Å². The van der Waals surface area contributed by atoms with Gasteiger partial charge in [-0.2, -0.15) is 15.0 Å². The Morgan fingerprint density at radius 2 is 1.67 bits per heavy atom. The summed E-state index contributed by atoms with van der Waals surface area (Å²) in [5, 5.41) is 8.72. The molecule has 3 nitrogen and oxygen atoms in total. The first-order valence-corrected chi connectivity index (χ1v) is 4.08. The summed E-state index contributed by atoms with van der Waals surface area (Å²) >= 11 is 0. The maximum atomic E-state index is 8.72. The minimum Gasteiger partial charge on any atom is -0.193 e. The maximum Gasteiger partial charge on any atom is 0.527 e. The Hall–Kier alpha value is -2.57. The van der Waals surface area contributed by atoms with Crippen molar-refractivity contribution in [2.75, 3.05) is 0 Å². The van der Waals surface area contributed by atoms with E-state index in [0.29, 0.717) is 27.9 Å². The van der Waals surface area contributed by atoms with E-state index in [1.54, 1.807) is 6.92 Å². The standard InChI is InChI=1S/C12H7N3/c1-7(6-13)10-8(2)11(9(10)3)12(14-4)15-5/h2-3H2,1H3. The fourth-order valence-corrected chi connectivity index (χ4v) is 1.47. The van der Waals surface area contributed by atoms with Gasteiger partial charge in [-0.3, -0.25) is 0 Å². The Kier molecular flexibility index (Phi) is 2.57. The van der Waals surface area contributed by atoms with E-state index in [2.05, 4.69) is 22.8 Å². The third-order valence-electron chi connectivity index (χ3n) is 2.19. The largest absolute Gasteiger partial charge is 0.527 e. The number of hydrogen-bond donors (Lipinski definition) is 0. The molecule has 1 aliphatic carbocycles. The first kappa shape index (κ1) is 10.5. The minimum atomic E-state index is -0.0283. The lowest BCUT2D eigenvalue weighted by atomic mass is 9.74. The molecule has 0 atom stereocenters. The Morgan fingerprint density at radius 1 is 1.20 bits per heavy atom. The molecular weight excluding hydrogens is 186 g/mol. The Bertz CT molecular complexity index is 515. The lowest BCUT2D eigenvalue weighted by Crippen LogP contribution is -2.13. The molecule has 1 aliphatic rings. The molecule has 0 aromatic rings. The zero-order valence-corrected chi connectivity index (χ0v) is 8.26. The van der Waals surface area contributed by atoms with Crippen LogP contribution in [-0.2, 0) is 0 Å². The predicted octanol–water partition coefficient (Wildman–Crippen LogP) is 3.00. The molecule has 0 aromatic carbocycles. The molecule has 1 rings (SSSR count). The number of allylic oxidation sites excluding steroid dienone is 5. The van der Waals surface area contributed by atoms with Crippen molar-refractivity contribution in [3.05, 3.63) is 69.7 Å². The van der Waals surface area contributed by atoms with Crippen molar-refractivity contribution >= 4 is 0 Å². The van der Waals surface area contributed by atoms with Crippen LogP contribution in [0.1, 0.15) is 6.92 Å². The van der Waals surface area contributed by atoms with Crippen LogP contribution in [-0.4, -0.2) is 0 Å². The topological polar surface area (TPSA) is 32.5 Å². The van der Waals surface area contributed by atoms with Gasteiger partial charge in [0.05, 0.1) is 11.6 Å². The van der Waals surface area contributed by atoms with Crippen molar-refractivity contribution < 1.29 is 0 Å². The predicted molar refractivity (Wildman–Crippen MR) is 56.8 cm³/mol. The van der Waals surface area contributed by atoms with Crippen LogP contribution >= 0.6 is 0 Å². The summed E-state index contributed by atoms with van der Waals surface area (Å²) in [6.07, 6.45) is 0. The van der Waals surface area contributed by atoms with Crippen LogP contribution in [0.15, 0.2) is 46.8 Å². The molecule has 0 heterocycles. The molecule has 70 valence electrons. The van der Waals surface area contributed by atoms with Gasteiger partial charge in [0.2, 0.25) is 0 Å². The summed E-state index contributed by atoms with van der Waals surface area (Å²) in [6.45, 7) is 22.8. The molecule has 1 saturated carbocycles. The highest BCUT2D eigenvalue weighted by Gasteiger charge is 2.35. The van der Waals surface area contributed by atoms with Crippen molar-refractivity contribution in [3.63, 3.8) is 0 Å².